The number of carbonyl (C=O) groups is 1. The van der Waals surface area contributed by atoms with Crippen LogP contribution in [0.5, 0.6) is 0 Å². The van der Waals surface area contributed by atoms with E-state index < -0.39 is 5.41 Å². The lowest BCUT2D eigenvalue weighted by atomic mass is 9.87. The molecule has 0 aromatic heterocycles. The van der Waals surface area contributed by atoms with Gasteiger partial charge in [0.05, 0.1) is 6.61 Å². The summed E-state index contributed by atoms with van der Waals surface area (Å²) >= 11 is 0. The summed E-state index contributed by atoms with van der Waals surface area (Å²) in [6.45, 7) is 6.74. The van der Waals surface area contributed by atoms with Crippen molar-refractivity contribution < 1.29 is 14.3 Å². The molecule has 0 fully saturated rings. The van der Waals surface area contributed by atoms with Gasteiger partial charge in [0.1, 0.15) is 5.41 Å². The molecular weight excluding hydrogens is 240 g/mol. The Labute approximate surface area is 118 Å². The first-order valence-electron chi connectivity index (χ1n) is 7.27. The Morgan fingerprint density at radius 1 is 1.21 bits per heavy atom. The quantitative estimate of drug-likeness (QED) is 0.364. The van der Waals surface area contributed by atoms with Gasteiger partial charge in [0.2, 0.25) is 0 Å². The van der Waals surface area contributed by atoms with Crippen LogP contribution < -0.4 is 0 Å². The van der Waals surface area contributed by atoms with Gasteiger partial charge in [-0.15, -0.1) is 5.92 Å². The van der Waals surface area contributed by atoms with Crippen molar-refractivity contribution in [3.8, 4) is 11.8 Å². The number of methoxy groups -OCH3 is 1. The standard InChI is InChI=1S/C16H28O3/c1-5-7-8-9-10-11-12-16(3,13-14-18-4)15(17)19-6-2/h5-10,13-14H2,1-4H3. The molecule has 0 aliphatic rings. The smallest absolute Gasteiger partial charge is 0.324 e. The molecule has 0 aromatic carbocycles. The number of hydrogen-bond acceptors (Lipinski definition) is 3. The summed E-state index contributed by atoms with van der Waals surface area (Å²) in [6, 6.07) is 0. The lowest BCUT2D eigenvalue weighted by Crippen LogP contribution is -2.30. The molecule has 0 spiro atoms. The molecule has 1 atom stereocenters. The number of unbranched alkanes of at least 4 members (excludes halogenated alkanes) is 4. The van der Waals surface area contributed by atoms with Gasteiger partial charge in [0, 0.05) is 20.1 Å². The van der Waals surface area contributed by atoms with Crippen LogP contribution in [0.3, 0.4) is 0 Å². The zero-order valence-corrected chi connectivity index (χ0v) is 12.9. The van der Waals surface area contributed by atoms with Crippen molar-refractivity contribution in [3.05, 3.63) is 0 Å². The highest BCUT2D eigenvalue weighted by Gasteiger charge is 2.32. The fraction of sp³-hybridized carbons (Fsp3) is 0.812. The molecule has 0 saturated heterocycles. The van der Waals surface area contributed by atoms with E-state index in [4.69, 9.17) is 9.47 Å². The van der Waals surface area contributed by atoms with Crippen molar-refractivity contribution in [1.29, 1.82) is 0 Å². The number of hydrogen-bond donors (Lipinski definition) is 0. The molecule has 0 N–H and O–H groups in total. The molecule has 0 aromatic rings. The second-order valence-electron chi connectivity index (χ2n) is 4.91. The van der Waals surface area contributed by atoms with Crippen LogP contribution >= 0.6 is 0 Å². The number of carbonyl (C=O) groups excluding carboxylic acids is 1. The monoisotopic (exact) mass is 268 g/mol. The second kappa shape index (κ2) is 10.9. The maximum absolute atomic E-state index is 12.0. The number of esters is 1. The lowest BCUT2D eigenvalue weighted by Gasteiger charge is -2.20. The van der Waals surface area contributed by atoms with Gasteiger partial charge in [0.25, 0.3) is 0 Å². The van der Waals surface area contributed by atoms with Crippen molar-refractivity contribution in [2.24, 2.45) is 5.41 Å². The first-order valence-corrected chi connectivity index (χ1v) is 7.27. The van der Waals surface area contributed by atoms with Crippen molar-refractivity contribution >= 4 is 5.97 Å². The minimum atomic E-state index is -0.739. The zero-order chi connectivity index (χ0) is 14.6. The first kappa shape index (κ1) is 18.0. The summed E-state index contributed by atoms with van der Waals surface area (Å²) in [5.41, 5.74) is -0.739. The number of ether oxygens (including phenoxy) is 2. The van der Waals surface area contributed by atoms with E-state index in [2.05, 4.69) is 18.8 Å². The summed E-state index contributed by atoms with van der Waals surface area (Å²) in [5.74, 6) is 5.97. The van der Waals surface area contributed by atoms with E-state index >= 15 is 0 Å². The molecule has 0 aliphatic carbocycles. The van der Waals surface area contributed by atoms with Crippen molar-refractivity contribution in [2.75, 3.05) is 20.3 Å². The molecule has 110 valence electrons. The predicted octanol–water partition coefficient (Wildman–Crippen LogP) is 3.57. The van der Waals surface area contributed by atoms with Gasteiger partial charge in [-0.3, -0.25) is 4.79 Å². The minimum absolute atomic E-state index is 0.242. The Morgan fingerprint density at radius 3 is 2.53 bits per heavy atom. The van der Waals surface area contributed by atoms with Gasteiger partial charge >= 0.3 is 5.97 Å². The first-order chi connectivity index (χ1) is 9.10. The largest absolute Gasteiger partial charge is 0.465 e. The molecule has 1 unspecified atom stereocenters. The Bertz CT molecular complexity index is 301. The molecule has 0 rings (SSSR count). The van der Waals surface area contributed by atoms with Crippen LogP contribution in [0.4, 0.5) is 0 Å². The van der Waals surface area contributed by atoms with Crippen LogP contribution in [0.1, 0.15) is 59.3 Å². The third-order valence-corrected chi connectivity index (χ3v) is 3.05. The fourth-order valence-electron chi connectivity index (χ4n) is 1.71. The van der Waals surface area contributed by atoms with Crippen LogP contribution in [0.2, 0.25) is 0 Å². The summed E-state index contributed by atoms with van der Waals surface area (Å²) in [7, 11) is 1.63. The fourth-order valence-corrected chi connectivity index (χ4v) is 1.71. The third kappa shape index (κ3) is 7.89. The molecule has 0 bridgehead atoms. The topological polar surface area (TPSA) is 35.5 Å². The summed E-state index contributed by atoms with van der Waals surface area (Å²) in [5, 5.41) is 0. The molecular formula is C16H28O3. The molecule has 0 amide bonds. The van der Waals surface area contributed by atoms with Gasteiger partial charge in [-0.1, -0.05) is 32.1 Å². The van der Waals surface area contributed by atoms with E-state index in [9.17, 15) is 4.79 Å². The Hall–Kier alpha value is -1.01. The van der Waals surface area contributed by atoms with E-state index in [0.717, 1.165) is 12.8 Å². The van der Waals surface area contributed by atoms with Crippen molar-refractivity contribution in [2.45, 2.75) is 59.3 Å². The average Bonchev–Trinajstić information content (AvgIpc) is 2.40. The highest BCUT2D eigenvalue weighted by atomic mass is 16.5. The van der Waals surface area contributed by atoms with E-state index in [1.54, 1.807) is 7.11 Å². The highest BCUT2D eigenvalue weighted by Crippen LogP contribution is 2.22. The van der Waals surface area contributed by atoms with Gasteiger partial charge < -0.3 is 9.47 Å². The summed E-state index contributed by atoms with van der Waals surface area (Å²) < 4.78 is 10.2. The molecule has 0 aliphatic heterocycles. The van der Waals surface area contributed by atoms with Gasteiger partial charge in [-0.05, 0) is 26.7 Å². The molecule has 3 heteroatoms. The van der Waals surface area contributed by atoms with Crippen LogP contribution in [0.25, 0.3) is 0 Å². The predicted molar refractivity (Wildman–Crippen MR) is 77.8 cm³/mol. The van der Waals surface area contributed by atoms with Crippen LogP contribution in [0.15, 0.2) is 0 Å². The maximum atomic E-state index is 12.0. The van der Waals surface area contributed by atoms with E-state index in [1.165, 1.54) is 19.3 Å². The second-order valence-corrected chi connectivity index (χ2v) is 4.91. The van der Waals surface area contributed by atoms with E-state index in [1.807, 2.05) is 13.8 Å². The van der Waals surface area contributed by atoms with Crippen LogP contribution in [-0.4, -0.2) is 26.3 Å². The van der Waals surface area contributed by atoms with Crippen molar-refractivity contribution in [1.82, 2.24) is 0 Å². The van der Waals surface area contributed by atoms with Gasteiger partial charge in [-0.25, -0.2) is 0 Å². The average molecular weight is 268 g/mol. The lowest BCUT2D eigenvalue weighted by molar-refractivity contribution is -0.151. The summed E-state index contributed by atoms with van der Waals surface area (Å²) in [4.78, 5) is 12.0. The molecule has 0 radical (unpaired) electrons. The minimum Gasteiger partial charge on any atom is -0.465 e. The van der Waals surface area contributed by atoms with Gasteiger partial charge in [0.15, 0.2) is 0 Å². The number of rotatable bonds is 9. The maximum Gasteiger partial charge on any atom is 0.324 e. The molecule has 0 heterocycles. The Balaban J connectivity index is 4.40. The normalized spacial score (nSPS) is 13.3. The van der Waals surface area contributed by atoms with E-state index in [0.29, 0.717) is 19.6 Å². The Morgan fingerprint density at radius 2 is 1.95 bits per heavy atom. The molecule has 19 heavy (non-hydrogen) atoms. The zero-order valence-electron chi connectivity index (χ0n) is 12.9. The molecule has 0 saturated carbocycles. The van der Waals surface area contributed by atoms with Crippen LogP contribution in [0, 0.1) is 17.3 Å². The highest BCUT2D eigenvalue weighted by molar-refractivity contribution is 5.80. The van der Waals surface area contributed by atoms with Gasteiger partial charge in [-0.2, -0.15) is 0 Å². The Kier molecular flexibility index (Phi) is 10.3. The molecule has 3 nitrogen and oxygen atoms in total. The van der Waals surface area contributed by atoms with Crippen LogP contribution in [-0.2, 0) is 14.3 Å². The summed E-state index contributed by atoms with van der Waals surface area (Å²) in [6.07, 6.45) is 6.21. The van der Waals surface area contributed by atoms with Crippen molar-refractivity contribution in [3.63, 3.8) is 0 Å². The third-order valence-electron chi connectivity index (χ3n) is 3.05. The SMILES string of the molecule is CCCCCCC#CC(C)(CCOC)C(=O)OCC. The van der Waals surface area contributed by atoms with E-state index in [-0.39, 0.29) is 5.97 Å².